The summed E-state index contributed by atoms with van der Waals surface area (Å²) in [7, 11) is 0. The molecular weight excluding hydrogens is 277 g/mol. The van der Waals surface area contributed by atoms with E-state index in [1.54, 1.807) is 0 Å². The van der Waals surface area contributed by atoms with Crippen LogP contribution >= 0.6 is 27.5 Å². The van der Waals surface area contributed by atoms with Crippen LogP contribution in [0.15, 0.2) is 10.7 Å². The number of nitriles is 1. The number of aromatic nitrogens is 1. The van der Waals surface area contributed by atoms with Crippen LogP contribution in [-0.2, 0) is 6.42 Å². The number of halogens is 4. The van der Waals surface area contributed by atoms with E-state index in [2.05, 4.69) is 20.9 Å². The molecule has 0 spiro atoms. The predicted octanol–water partition coefficient (Wildman–Crippen LogP) is 3.50. The smallest absolute Gasteiger partial charge is 0.228 e. The summed E-state index contributed by atoms with van der Waals surface area (Å²) < 4.78 is 25.0. The zero-order valence-electron chi connectivity index (χ0n) is 6.77. The Morgan fingerprint density at radius 1 is 1.64 bits per heavy atom. The molecule has 0 N–H and O–H groups in total. The molecule has 74 valence electrons. The number of nitrogens with zero attached hydrogens (tertiary/aromatic N) is 2. The summed E-state index contributed by atoms with van der Waals surface area (Å²) in [6.45, 7) is 0. The van der Waals surface area contributed by atoms with Gasteiger partial charge in [-0.1, -0.05) is 11.6 Å². The molecule has 0 aliphatic heterocycles. The highest BCUT2D eigenvalue weighted by Crippen LogP contribution is 2.29. The van der Waals surface area contributed by atoms with Gasteiger partial charge in [-0.3, -0.25) is 0 Å². The van der Waals surface area contributed by atoms with E-state index in [0.717, 1.165) is 0 Å². The predicted molar refractivity (Wildman–Crippen MR) is 51.2 cm³/mol. The van der Waals surface area contributed by atoms with Crippen LogP contribution in [0.5, 0.6) is 0 Å². The third-order valence-corrected chi connectivity index (χ3v) is 2.52. The van der Waals surface area contributed by atoms with Gasteiger partial charge in [0.25, 0.3) is 6.43 Å². The molecule has 6 heteroatoms. The van der Waals surface area contributed by atoms with Crippen molar-refractivity contribution >= 4 is 27.5 Å². The Hall–Kier alpha value is -0.730. The quantitative estimate of drug-likeness (QED) is 0.778. The summed E-state index contributed by atoms with van der Waals surface area (Å²) in [5.41, 5.74) is 0.0623. The van der Waals surface area contributed by atoms with E-state index in [4.69, 9.17) is 16.9 Å². The molecule has 0 aliphatic rings. The van der Waals surface area contributed by atoms with Crippen LogP contribution in [0, 0.1) is 11.3 Å². The molecule has 1 aromatic rings. The summed E-state index contributed by atoms with van der Waals surface area (Å²) in [4.78, 5) is 3.66. The van der Waals surface area contributed by atoms with Gasteiger partial charge in [-0.15, -0.1) is 0 Å². The average Bonchev–Trinajstić information content (AvgIpc) is 2.09. The van der Waals surface area contributed by atoms with Gasteiger partial charge in [0.2, 0.25) is 0 Å². The molecule has 0 bridgehead atoms. The Morgan fingerprint density at radius 3 is 2.79 bits per heavy atom. The topological polar surface area (TPSA) is 36.7 Å². The Morgan fingerprint density at radius 2 is 2.29 bits per heavy atom. The number of hydrogen-bond donors (Lipinski definition) is 0. The molecule has 0 aliphatic carbocycles. The Labute approximate surface area is 92.6 Å². The first-order valence-corrected chi connectivity index (χ1v) is 4.73. The SMILES string of the molecule is N#CCc1cc(C(F)F)c(Cl)nc1Br. The second kappa shape index (κ2) is 4.67. The van der Waals surface area contributed by atoms with Crippen LogP contribution in [0.2, 0.25) is 5.15 Å². The van der Waals surface area contributed by atoms with Gasteiger partial charge in [0, 0.05) is 0 Å². The highest BCUT2D eigenvalue weighted by atomic mass is 79.9. The van der Waals surface area contributed by atoms with Crippen molar-refractivity contribution in [1.82, 2.24) is 4.98 Å². The van der Waals surface area contributed by atoms with Crippen molar-refractivity contribution in [2.24, 2.45) is 0 Å². The summed E-state index contributed by atoms with van der Waals surface area (Å²) in [5, 5.41) is 8.18. The van der Waals surface area contributed by atoms with Crippen LogP contribution in [0.1, 0.15) is 17.6 Å². The van der Waals surface area contributed by atoms with Gasteiger partial charge in [-0.05, 0) is 27.6 Å². The lowest BCUT2D eigenvalue weighted by Gasteiger charge is -2.05. The zero-order valence-corrected chi connectivity index (χ0v) is 9.11. The molecule has 0 fully saturated rings. The van der Waals surface area contributed by atoms with Crippen molar-refractivity contribution in [3.63, 3.8) is 0 Å². The fraction of sp³-hybridized carbons (Fsp3) is 0.250. The van der Waals surface area contributed by atoms with Crippen LogP contribution in [0.3, 0.4) is 0 Å². The normalized spacial score (nSPS) is 10.3. The number of alkyl halides is 2. The summed E-state index contributed by atoms with van der Waals surface area (Å²) in [5.74, 6) is 0. The molecule has 0 atom stereocenters. The van der Waals surface area contributed by atoms with Crippen molar-refractivity contribution in [3.8, 4) is 6.07 Å². The summed E-state index contributed by atoms with van der Waals surface area (Å²) >= 11 is 8.53. The molecule has 0 aromatic carbocycles. The zero-order chi connectivity index (χ0) is 10.7. The van der Waals surface area contributed by atoms with E-state index in [1.165, 1.54) is 6.07 Å². The van der Waals surface area contributed by atoms with Crippen LogP contribution in [0.4, 0.5) is 8.78 Å². The third kappa shape index (κ3) is 2.40. The first-order chi connectivity index (χ1) is 6.56. The molecule has 1 rings (SSSR count). The standard InChI is InChI=1S/C8H4BrClF2N2/c9-6-4(1-2-13)3-5(8(11)12)7(10)14-6/h3,8H,1H2. The number of rotatable bonds is 2. The molecular formula is C8H4BrClF2N2. The third-order valence-electron chi connectivity index (χ3n) is 1.53. The molecule has 1 heterocycles. The summed E-state index contributed by atoms with van der Waals surface area (Å²) in [6, 6.07) is 3.04. The number of pyridine rings is 1. The van der Waals surface area contributed by atoms with E-state index in [1.807, 2.05) is 6.07 Å². The molecule has 0 unspecified atom stereocenters. The van der Waals surface area contributed by atoms with E-state index in [0.29, 0.717) is 10.2 Å². The van der Waals surface area contributed by atoms with Crippen molar-refractivity contribution in [2.45, 2.75) is 12.8 Å². The fourth-order valence-electron chi connectivity index (χ4n) is 0.892. The van der Waals surface area contributed by atoms with E-state index in [9.17, 15) is 8.78 Å². The van der Waals surface area contributed by atoms with Crippen molar-refractivity contribution in [1.29, 1.82) is 5.26 Å². The van der Waals surface area contributed by atoms with Crippen LogP contribution in [-0.4, -0.2) is 4.98 Å². The summed E-state index contributed by atoms with van der Waals surface area (Å²) in [6.07, 6.45) is -2.66. The molecule has 0 saturated carbocycles. The highest BCUT2D eigenvalue weighted by molar-refractivity contribution is 9.10. The van der Waals surface area contributed by atoms with Gasteiger partial charge in [0.05, 0.1) is 18.1 Å². The first kappa shape index (κ1) is 11.3. The molecule has 14 heavy (non-hydrogen) atoms. The largest absolute Gasteiger partial charge is 0.266 e. The first-order valence-electron chi connectivity index (χ1n) is 3.56. The van der Waals surface area contributed by atoms with Crippen molar-refractivity contribution < 1.29 is 8.78 Å². The molecule has 2 nitrogen and oxygen atoms in total. The monoisotopic (exact) mass is 280 g/mol. The van der Waals surface area contributed by atoms with Crippen molar-refractivity contribution in [3.05, 3.63) is 26.9 Å². The fourth-order valence-corrected chi connectivity index (χ4v) is 1.65. The van der Waals surface area contributed by atoms with E-state index >= 15 is 0 Å². The lowest BCUT2D eigenvalue weighted by atomic mass is 10.2. The van der Waals surface area contributed by atoms with E-state index in [-0.39, 0.29) is 17.1 Å². The lowest BCUT2D eigenvalue weighted by molar-refractivity contribution is 0.151. The van der Waals surface area contributed by atoms with Crippen LogP contribution < -0.4 is 0 Å². The molecule has 1 aromatic heterocycles. The Kier molecular flexibility index (Phi) is 3.78. The van der Waals surface area contributed by atoms with Gasteiger partial charge < -0.3 is 0 Å². The highest BCUT2D eigenvalue weighted by Gasteiger charge is 2.16. The Balaban J connectivity index is 3.21. The van der Waals surface area contributed by atoms with Gasteiger partial charge in [-0.2, -0.15) is 5.26 Å². The maximum Gasteiger partial charge on any atom is 0.266 e. The maximum atomic E-state index is 12.4. The van der Waals surface area contributed by atoms with Gasteiger partial charge in [-0.25, -0.2) is 13.8 Å². The van der Waals surface area contributed by atoms with Crippen molar-refractivity contribution in [2.75, 3.05) is 0 Å². The maximum absolute atomic E-state index is 12.4. The Bertz CT molecular complexity index is 390. The second-order valence-corrected chi connectivity index (χ2v) is 3.56. The average molecular weight is 281 g/mol. The van der Waals surface area contributed by atoms with Gasteiger partial charge in [0.1, 0.15) is 9.76 Å². The second-order valence-electron chi connectivity index (χ2n) is 2.45. The van der Waals surface area contributed by atoms with E-state index < -0.39 is 6.43 Å². The minimum absolute atomic E-state index is 0.0183. The molecule has 0 amide bonds. The minimum atomic E-state index is -2.68. The van der Waals surface area contributed by atoms with Crippen LogP contribution in [0.25, 0.3) is 0 Å². The molecule has 0 radical (unpaired) electrons. The molecule has 0 saturated heterocycles. The number of hydrogen-bond acceptors (Lipinski definition) is 2. The van der Waals surface area contributed by atoms with Gasteiger partial charge >= 0.3 is 0 Å². The lowest BCUT2D eigenvalue weighted by Crippen LogP contribution is -1.95. The minimum Gasteiger partial charge on any atom is -0.228 e. The van der Waals surface area contributed by atoms with Gasteiger partial charge in [0.15, 0.2) is 0 Å².